The number of esters is 1. The van der Waals surface area contributed by atoms with Crippen molar-refractivity contribution in [2.45, 2.75) is 58.5 Å². The second-order valence-corrected chi connectivity index (χ2v) is 7.90. The van der Waals surface area contributed by atoms with Gasteiger partial charge < -0.3 is 4.74 Å². The van der Waals surface area contributed by atoms with Gasteiger partial charge in [0.1, 0.15) is 6.10 Å². The van der Waals surface area contributed by atoms with Gasteiger partial charge in [0, 0.05) is 11.0 Å². The molecule has 110 valence electrons. The average Bonchev–Trinajstić information content (AvgIpc) is 3.15. The molecule has 0 spiro atoms. The molecule has 0 N–H and O–H groups in total. The van der Waals surface area contributed by atoms with Crippen LogP contribution in [0.2, 0.25) is 0 Å². The molecule has 4 aliphatic carbocycles. The van der Waals surface area contributed by atoms with E-state index in [1.165, 1.54) is 32.1 Å². The van der Waals surface area contributed by atoms with Gasteiger partial charge in [-0.3, -0.25) is 0 Å². The summed E-state index contributed by atoms with van der Waals surface area (Å²) < 4.78 is 5.88. The number of rotatable bonds is 3. The zero-order valence-corrected chi connectivity index (χ0v) is 12.7. The van der Waals surface area contributed by atoms with Crippen molar-refractivity contribution in [1.29, 1.82) is 0 Å². The number of fused-ring (bicyclic) bond motifs is 9. The Hall–Kier alpha value is -0.790. The number of hydrogen-bond acceptors (Lipinski definition) is 2. The molecular formula is C18H26O2. The zero-order valence-electron chi connectivity index (χ0n) is 12.7. The molecule has 0 radical (unpaired) electrons. The number of carbonyl (C=O) groups excluding carboxylic acids is 1. The number of hydrogen-bond donors (Lipinski definition) is 0. The lowest BCUT2D eigenvalue weighted by atomic mass is 9.62. The third-order valence-electron chi connectivity index (χ3n) is 7.25. The normalized spacial score (nSPS) is 51.3. The number of ether oxygens (including phenoxy) is 1. The van der Waals surface area contributed by atoms with Gasteiger partial charge in [-0.1, -0.05) is 13.5 Å². The molecule has 2 heteroatoms. The maximum Gasteiger partial charge on any atom is 0.333 e. The van der Waals surface area contributed by atoms with Crippen molar-refractivity contribution < 1.29 is 9.53 Å². The van der Waals surface area contributed by atoms with Gasteiger partial charge in [0.2, 0.25) is 0 Å². The Morgan fingerprint density at radius 2 is 2.00 bits per heavy atom. The fraction of sp³-hybridized carbons (Fsp3) is 0.833. The van der Waals surface area contributed by atoms with Crippen molar-refractivity contribution in [2.24, 2.45) is 35.0 Å². The van der Waals surface area contributed by atoms with E-state index in [-0.39, 0.29) is 12.1 Å². The van der Waals surface area contributed by atoms with Crippen LogP contribution in [0.25, 0.3) is 0 Å². The minimum Gasteiger partial charge on any atom is -0.458 e. The molecule has 2 nitrogen and oxygen atoms in total. The summed E-state index contributed by atoms with van der Waals surface area (Å²) in [5.74, 6) is 4.41. The van der Waals surface area contributed by atoms with E-state index in [1.54, 1.807) is 6.92 Å². The first kappa shape index (κ1) is 12.9. The maximum atomic E-state index is 12.0. The van der Waals surface area contributed by atoms with Crippen LogP contribution >= 0.6 is 0 Å². The Morgan fingerprint density at radius 3 is 2.70 bits per heavy atom. The summed E-state index contributed by atoms with van der Waals surface area (Å²) in [6, 6.07) is 0. The van der Waals surface area contributed by atoms with Crippen molar-refractivity contribution >= 4 is 5.97 Å². The van der Waals surface area contributed by atoms with E-state index in [2.05, 4.69) is 13.5 Å². The topological polar surface area (TPSA) is 26.3 Å². The predicted octanol–water partition coefficient (Wildman–Crippen LogP) is 3.96. The van der Waals surface area contributed by atoms with Crippen LogP contribution in [0.1, 0.15) is 52.4 Å². The van der Waals surface area contributed by atoms with Gasteiger partial charge in [0.25, 0.3) is 0 Å². The summed E-state index contributed by atoms with van der Waals surface area (Å²) >= 11 is 0. The third-order valence-corrected chi connectivity index (χ3v) is 7.25. The SMILES string of the molecule is C=C(C)C(=O)OC1CC2CC1(CC)C1C3CCC(C3)C21. The molecule has 0 aliphatic heterocycles. The van der Waals surface area contributed by atoms with Crippen molar-refractivity contribution in [3.05, 3.63) is 12.2 Å². The fourth-order valence-electron chi connectivity index (χ4n) is 6.73. The largest absolute Gasteiger partial charge is 0.458 e. The molecule has 0 aromatic rings. The molecule has 4 rings (SSSR count). The minimum atomic E-state index is -0.171. The summed E-state index contributed by atoms with van der Waals surface area (Å²) in [5, 5.41) is 0. The highest BCUT2D eigenvalue weighted by atomic mass is 16.5. The highest BCUT2D eigenvalue weighted by molar-refractivity contribution is 5.87. The first-order valence-electron chi connectivity index (χ1n) is 8.43. The van der Waals surface area contributed by atoms with E-state index >= 15 is 0 Å². The van der Waals surface area contributed by atoms with Crippen LogP contribution < -0.4 is 0 Å². The lowest BCUT2D eigenvalue weighted by Crippen LogP contribution is -2.45. The fourth-order valence-corrected chi connectivity index (χ4v) is 6.73. The van der Waals surface area contributed by atoms with Crippen LogP contribution in [0, 0.1) is 35.0 Å². The first-order valence-corrected chi connectivity index (χ1v) is 8.43. The lowest BCUT2D eigenvalue weighted by Gasteiger charge is -2.46. The summed E-state index contributed by atoms with van der Waals surface area (Å²) in [7, 11) is 0. The standard InChI is InChI=1S/C18H26O2/c1-4-18-9-13(8-14(18)20-17(19)10(2)3)15-11-5-6-12(7-11)16(15)18/h11-16H,2,4-9H2,1,3H3. The van der Waals surface area contributed by atoms with E-state index in [9.17, 15) is 4.79 Å². The molecule has 20 heavy (non-hydrogen) atoms. The van der Waals surface area contributed by atoms with E-state index in [0.717, 1.165) is 36.0 Å². The van der Waals surface area contributed by atoms with Gasteiger partial charge in [0.15, 0.2) is 0 Å². The van der Waals surface area contributed by atoms with E-state index < -0.39 is 0 Å². The zero-order chi connectivity index (χ0) is 14.1. The Morgan fingerprint density at radius 1 is 1.25 bits per heavy atom. The molecule has 4 aliphatic rings. The van der Waals surface area contributed by atoms with Crippen LogP contribution in [-0.2, 0) is 9.53 Å². The Labute approximate surface area is 122 Å². The second-order valence-electron chi connectivity index (χ2n) is 7.90. The molecule has 4 bridgehead atoms. The van der Waals surface area contributed by atoms with Gasteiger partial charge in [-0.2, -0.15) is 0 Å². The molecule has 7 atom stereocenters. The van der Waals surface area contributed by atoms with E-state index in [1.807, 2.05) is 0 Å². The van der Waals surface area contributed by atoms with Gasteiger partial charge in [0.05, 0.1) is 0 Å². The smallest absolute Gasteiger partial charge is 0.333 e. The van der Waals surface area contributed by atoms with Crippen LogP contribution in [0.5, 0.6) is 0 Å². The first-order chi connectivity index (χ1) is 9.56. The molecule has 0 saturated heterocycles. The van der Waals surface area contributed by atoms with Gasteiger partial charge in [-0.25, -0.2) is 4.79 Å². The van der Waals surface area contributed by atoms with Gasteiger partial charge in [-0.15, -0.1) is 0 Å². The Bertz CT molecular complexity index is 468. The minimum absolute atomic E-state index is 0.169. The van der Waals surface area contributed by atoms with E-state index in [0.29, 0.717) is 11.0 Å². The van der Waals surface area contributed by atoms with Crippen LogP contribution in [-0.4, -0.2) is 12.1 Å². The molecule has 0 aromatic carbocycles. The third kappa shape index (κ3) is 1.43. The monoisotopic (exact) mass is 274 g/mol. The molecule has 0 aromatic heterocycles. The van der Waals surface area contributed by atoms with Crippen molar-refractivity contribution in [3.8, 4) is 0 Å². The predicted molar refractivity (Wildman–Crippen MR) is 78.0 cm³/mol. The Balaban J connectivity index is 1.63. The van der Waals surface area contributed by atoms with Crippen LogP contribution in [0.3, 0.4) is 0 Å². The number of carbonyl (C=O) groups is 1. The summed E-state index contributed by atoms with van der Waals surface area (Å²) in [6.07, 6.45) is 8.16. The average molecular weight is 274 g/mol. The quantitative estimate of drug-likeness (QED) is 0.442. The van der Waals surface area contributed by atoms with Gasteiger partial charge >= 0.3 is 5.97 Å². The van der Waals surface area contributed by atoms with Crippen molar-refractivity contribution in [3.63, 3.8) is 0 Å². The van der Waals surface area contributed by atoms with Gasteiger partial charge in [-0.05, 0) is 75.0 Å². The molecular weight excluding hydrogens is 248 g/mol. The lowest BCUT2D eigenvalue weighted by molar-refractivity contribution is -0.156. The molecule has 0 heterocycles. The van der Waals surface area contributed by atoms with E-state index in [4.69, 9.17) is 4.74 Å². The molecule has 0 amide bonds. The summed E-state index contributed by atoms with van der Waals surface area (Å²) in [5.41, 5.74) is 0.851. The van der Waals surface area contributed by atoms with Crippen molar-refractivity contribution in [1.82, 2.24) is 0 Å². The molecule has 7 unspecified atom stereocenters. The summed E-state index contributed by atoms with van der Waals surface area (Å²) in [6.45, 7) is 7.81. The molecule has 4 saturated carbocycles. The second kappa shape index (κ2) is 4.11. The molecule has 4 fully saturated rings. The highest BCUT2D eigenvalue weighted by Gasteiger charge is 2.69. The van der Waals surface area contributed by atoms with Crippen LogP contribution in [0.4, 0.5) is 0 Å². The van der Waals surface area contributed by atoms with Crippen LogP contribution in [0.15, 0.2) is 12.2 Å². The maximum absolute atomic E-state index is 12.0. The summed E-state index contributed by atoms with van der Waals surface area (Å²) in [4.78, 5) is 12.0. The highest BCUT2D eigenvalue weighted by Crippen LogP contribution is 2.73. The Kier molecular flexibility index (Phi) is 2.66. The van der Waals surface area contributed by atoms with Crippen molar-refractivity contribution in [2.75, 3.05) is 0 Å².